The van der Waals surface area contributed by atoms with Crippen molar-refractivity contribution >= 4 is 19.8 Å². The number of phosphoric ester groups is 1. The SMILES string of the molecule is CCCCCCCCCCCCCCCC(=O)OC(=O)[C@@H](N)COP(=O)(O)OC[C@H](O)CO. The zero-order valence-electron chi connectivity index (χ0n) is 20.0. The van der Waals surface area contributed by atoms with Crippen molar-refractivity contribution in [2.45, 2.75) is 109 Å². The molecule has 0 aliphatic rings. The first-order chi connectivity index (χ1) is 15.7. The van der Waals surface area contributed by atoms with Crippen LogP contribution in [0.4, 0.5) is 0 Å². The Hall–Kier alpha value is -0.870. The molecule has 196 valence electrons. The van der Waals surface area contributed by atoms with E-state index in [0.717, 1.165) is 19.3 Å². The molecule has 0 amide bonds. The van der Waals surface area contributed by atoms with Gasteiger partial charge in [-0.3, -0.25) is 13.8 Å². The van der Waals surface area contributed by atoms with Crippen LogP contribution in [0.2, 0.25) is 0 Å². The predicted octanol–water partition coefficient (Wildman–Crippen LogP) is 3.35. The van der Waals surface area contributed by atoms with Crippen LogP contribution in [0.25, 0.3) is 0 Å². The first-order valence-corrected chi connectivity index (χ1v) is 13.6. The third-order valence-corrected chi connectivity index (χ3v) is 6.01. The van der Waals surface area contributed by atoms with E-state index in [1.165, 1.54) is 57.8 Å². The molecule has 1 unspecified atom stereocenters. The summed E-state index contributed by atoms with van der Waals surface area (Å²) >= 11 is 0. The van der Waals surface area contributed by atoms with Gasteiger partial charge in [-0.25, -0.2) is 9.36 Å². The Morgan fingerprint density at radius 3 is 1.79 bits per heavy atom. The second kappa shape index (κ2) is 20.5. The number of carbonyl (C=O) groups excluding carboxylic acids is 2. The standard InChI is InChI=1S/C22H44NO9P/c1-2-3-4-5-6-7-8-9-10-11-12-13-14-15-21(26)32-22(27)20(23)18-31-33(28,29)30-17-19(25)16-24/h19-20,24-25H,2-18,23H2,1H3,(H,28,29)/t19-,20+/m1/s1. The van der Waals surface area contributed by atoms with E-state index in [-0.39, 0.29) is 6.42 Å². The molecule has 0 aromatic rings. The maximum Gasteiger partial charge on any atom is 0.472 e. The molecule has 33 heavy (non-hydrogen) atoms. The normalized spacial score (nSPS) is 15.1. The fraction of sp³-hybridized carbons (Fsp3) is 0.909. The van der Waals surface area contributed by atoms with E-state index in [9.17, 15) is 19.0 Å². The predicted molar refractivity (Wildman–Crippen MR) is 124 cm³/mol. The minimum Gasteiger partial charge on any atom is -0.394 e. The quantitative estimate of drug-likeness (QED) is 0.0754. The summed E-state index contributed by atoms with van der Waals surface area (Å²) in [5.41, 5.74) is 5.50. The highest BCUT2D eigenvalue weighted by Crippen LogP contribution is 2.43. The number of aliphatic hydroxyl groups is 2. The Kier molecular flexibility index (Phi) is 20.0. The number of unbranched alkanes of at least 4 members (excludes halogenated alkanes) is 12. The lowest BCUT2D eigenvalue weighted by Crippen LogP contribution is -2.37. The smallest absolute Gasteiger partial charge is 0.394 e. The molecule has 0 rings (SSSR count). The lowest BCUT2D eigenvalue weighted by Gasteiger charge is -2.16. The summed E-state index contributed by atoms with van der Waals surface area (Å²) in [5, 5.41) is 17.7. The lowest BCUT2D eigenvalue weighted by molar-refractivity contribution is -0.161. The van der Waals surface area contributed by atoms with Crippen LogP contribution in [-0.4, -0.2) is 59.0 Å². The molecule has 0 fully saturated rings. The van der Waals surface area contributed by atoms with Gasteiger partial charge >= 0.3 is 19.8 Å². The van der Waals surface area contributed by atoms with Crippen LogP contribution in [0.1, 0.15) is 96.8 Å². The van der Waals surface area contributed by atoms with Gasteiger partial charge in [0.15, 0.2) is 0 Å². The van der Waals surface area contributed by atoms with Gasteiger partial charge in [-0.1, -0.05) is 84.0 Å². The lowest BCUT2D eigenvalue weighted by atomic mass is 10.0. The van der Waals surface area contributed by atoms with Crippen molar-refractivity contribution in [1.82, 2.24) is 0 Å². The summed E-state index contributed by atoms with van der Waals surface area (Å²) in [5.74, 6) is -1.77. The average Bonchev–Trinajstić information content (AvgIpc) is 2.78. The Bertz CT molecular complexity index is 562. The maximum absolute atomic E-state index is 11.8. The minimum absolute atomic E-state index is 0.0950. The van der Waals surface area contributed by atoms with E-state index in [1.54, 1.807) is 0 Å². The molecular weight excluding hydrogens is 453 g/mol. The van der Waals surface area contributed by atoms with Gasteiger partial charge in [0.2, 0.25) is 0 Å². The van der Waals surface area contributed by atoms with Crippen molar-refractivity contribution in [2.75, 3.05) is 19.8 Å². The van der Waals surface area contributed by atoms with E-state index in [0.29, 0.717) is 6.42 Å². The molecule has 0 aromatic carbocycles. The first kappa shape index (κ1) is 32.1. The summed E-state index contributed by atoms with van der Waals surface area (Å²) in [7, 11) is -4.58. The van der Waals surface area contributed by atoms with Gasteiger partial charge in [0.1, 0.15) is 12.1 Å². The highest BCUT2D eigenvalue weighted by atomic mass is 31.2. The zero-order valence-corrected chi connectivity index (χ0v) is 20.9. The molecule has 0 heterocycles. The average molecular weight is 498 g/mol. The number of hydrogen-bond acceptors (Lipinski definition) is 9. The molecule has 0 saturated carbocycles. The van der Waals surface area contributed by atoms with Crippen molar-refractivity contribution in [3.63, 3.8) is 0 Å². The van der Waals surface area contributed by atoms with E-state index >= 15 is 0 Å². The van der Waals surface area contributed by atoms with Crippen LogP contribution < -0.4 is 5.73 Å². The van der Waals surface area contributed by atoms with Crippen LogP contribution >= 0.6 is 7.82 Å². The summed E-state index contributed by atoms with van der Waals surface area (Å²) in [4.78, 5) is 32.9. The summed E-state index contributed by atoms with van der Waals surface area (Å²) in [6.45, 7) is 0.214. The summed E-state index contributed by atoms with van der Waals surface area (Å²) in [6.07, 6.45) is 14.1. The topological polar surface area (TPSA) is 166 Å². The van der Waals surface area contributed by atoms with Crippen molar-refractivity contribution in [1.29, 1.82) is 0 Å². The number of aliphatic hydroxyl groups excluding tert-OH is 2. The van der Waals surface area contributed by atoms with Crippen molar-refractivity contribution < 1.29 is 43.0 Å². The summed E-state index contributed by atoms with van der Waals surface area (Å²) < 4.78 is 25.2. The molecule has 0 spiro atoms. The van der Waals surface area contributed by atoms with Gasteiger partial charge < -0.3 is 25.6 Å². The minimum atomic E-state index is -4.58. The number of rotatable bonds is 22. The number of ether oxygens (including phenoxy) is 1. The molecular formula is C22H44NO9P. The van der Waals surface area contributed by atoms with Crippen LogP contribution in [0.3, 0.4) is 0 Å². The Labute approximate surface area is 197 Å². The largest absolute Gasteiger partial charge is 0.472 e. The van der Waals surface area contributed by atoms with Crippen LogP contribution in [0.5, 0.6) is 0 Å². The third-order valence-electron chi connectivity index (χ3n) is 5.06. The fourth-order valence-corrected chi connectivity index (χ4v) is 3.82. The second-order valence-corrected chi connectivity index (χ2v) is 9.74. The van der Waals surface area contributed by atoms with Gasteiger partial charge in [-0.05, 0) is 6.42 Å². The molecule has 11 heteroatoms. The third kappa shape index (κ3) is 20.2. The van der Waals surface area contributed by atoms with Gasteiger partial charge in [0, 0.05) is 6.42 Å². The van der Waals surface area contributed by atoms with Gasteiger partial charge in [-0.2, -0.15) is 0 Å². The number of nitrogens with two attached hydrogens (primary N) is 1. The highest BCUT2D eigenvalue weighted by molar-refractivity contribution is 7.47. The van der Waals surface area contributed by atoms with Gasteiger partial charge in [-0.15, -0.1) is 0 Å². The summed E-state index contributed by atoms with van der Waals surface area (Å²) in [6, 6.07) is -1.45. The first-order valence-electron chi connectivity index (χ1n) is 12.1. The zero-order chi connectivity index (χ0) is 25.0. The molecule has 0 saturated heterocycles. The van der Waals surface area contributed by atoms with Crippen molar-refractivity contribution in [3.8, 4) is 0 Å². The molecule has 0 aliphatic carbocycles. The van der Waals surface area contributed by atoms with Crippen molar-refractivity contribution in [3.05, 3.63) is 0 Å². The second-order valence-electron chi connectivity index (χ2n) is 8.29. The molecule has 5 N–H and O–H groups in total. The molecule has 0 radical (unpaired) electrons. The van der Waals surface area contributed by atoms with Crippen LogP contribution in [0, 0.1) is 0 Å². The molecule has 0 bridgehead atoms. The number of carbonyl (C=O) groups is 2. The highest BCUT2D eigenvalue weighted by Gasteiger charge is 2.27. The monoisotopic (exact) mass is 497 g/mol. The number of phosphoric acid groups is 1. The fourth-order valence-electron chi connectivity index (χ4n) is 3.04. The van der Waals surface area contributed by atoms with E-state index in [1.807, 2.05) is 0 Å². The van der Waals surface area contributed by atoms with Gasteiger partial charge in [0.05, 0.1) is 19.8 Å². The molecule has 3 atom stereocenters. The van der Waals surface area contributed by atoms with Crippen LogP contribution in [-0.2, 0) is 27.9 Å². The Morgan fingerprint density at radius 1 is 0.848 bits per heavy atom. The van der Waals surface area contributed by atoms with Crippen molar-refractivity contribution in [2.24, 2.45) is 5.73 Å². The van der Waals surface area contributed by atoms with Crippen LogP contribution in [0.15, 0.2) is 0 Å². The van der Waals surface area contributed by atoms with E-state index in [2.05, 4.69) is 20.7 Å². The van der Waals surface area contributed by atoms with E-state index < -0.39 is 51.7 Å². The maximum atomic E-state index is 11.8. The molecule has 10 nitrogen and oxygen atoms in total. The molecule has 0 aromatic heterocycles. The van der Waals surface area contributed by atoms with E-state index in [4.69, 9.17) is 15.9 Å². The number of esters is 2. The number of hydrogen-bond donors (Lipinski definition) is 4. The molecule has 0 aliphatic heterocycles. The Morgan fingerprint density at radius 2 is 1.30 bits per heavy atom. The van der Waals surface area contributed by atoms with Gasteiger partial charge in [0.25, 0.3) is 0 Å². The Balaban J connectivity index is 3.72.